The molecule has 0 radical (unpaired) electrons. The van der Waals surface area contributed by atoms with E-state index in [1.807, 2.05) is 18.7 Å². The van der Waals surface area contributed by atoms with Gasteiger partial charge >= 0.3 is 0 Å². The molecule has 28 heavy (non-hydrogen) atoms. The van der Waals surface area contributed by atoms with Crippen LogP contribution in [-0.4, -0.2) is 68.7 Å². The van der Waals surface area contributed by atoms with Gasteiger partial charge in [0.05, 0.1) is 30.4 Å². The standard InChI is InChI=1S/C20H28N4O3S/c1-14-15(2)28-18-17(14)19(26)24(13-21-18)12-20(27)5-9-23(10-6-20)16(25)11-22-7-3-4-8-22/h13,27H,3-12H2,1-2H3. The van der Waals surface area contributed by atoms with Gasteiger partial charge in [-0.2, -0.15) is 0 Å². The molecule has 0 unspecified atom stereocenters. The molecule has 4 rings (SSSR count). The molecule has 8 heteroatoms. The number of rotatable bonds is 4. The highest BCUT2D eigenvalue weighted by Gasteiger charge is 2.35. The zero-order valence-electron chi connectivity index (χ0n) is 16.6. The number of piperidine rings is 1. The van der Waals surface area contributed by atoms with E-state index in [-0.39, 0.29) is 18.0 Å². The second-order valence-corrected chi connectivity index (χ2v) is 9.43. The maximum Gasteiger partial charge on any atom is 0.262 e. The molecule has 0 spiro atoms. The first-order chi connectivity index (χ1) is 13.4. The Morgan fingerprint density at radius 3 is 2.57 bits per heavy atom. The minimum Gasteiger partial charge on any atom is -0.388 e. The molecule has 2 fully saturated rings. The lowest BCUT2D eigenvalue weighted by Gasteiger charge is -2.38. The summed E-state index contributed by atoms with van der Waals surface area (Å²) in [5.41, 5.74) is -0.100. The molecule has 2 aromatic rings. The number of likely N-dealkylation sites (tertiary alicyclic amines) is 2. The van der Waals surface area contributed by atoms with Crippen LogP contribution in [0.15, 0.2) is 11.1 Å². The van der Waals surface area contributed by atoms with Crippen molar-refractivity contribution in [3.8, 4) is 0 Å². The maximum absolute atomic E-state index is 12.9. The van der Waals surface area contributed by atoms with E-state index in [0.717, 1.165) is 28.4 Å². The minimum atomic E-state index is -0.984. The molecule has 0 atom stereocenters. The van der Waals surface area contributed by atoms with Crippen molar-refractivity contribution in [1.29, 1.82) is 0 Å². The van der Waals surface area contributed by atoms with E-state index in [4.69, 9.17) is 0 Å². The van der Waals surface area contributed by atoms with E-state index in [1.165, 1.54) is 28.7 Å². The van der Waals surface area contributed by atoms with Gasteiger partial charge in [-0.25, -0.2) is 4.98 Å². The van der Waals surface area contributed by atoms with Gasteiger partial charge in [0.25, 0.3) is 5.56 Å². The van der Waals surface area contributed by atoms with Crippen LogP contribution in [0.2, 0.25) is 0 Å². The third kappa shape index (κ3) is 3.73. The third-order valence-electron chi connectivity index (χ3n) is 6.22. The zero-order chi connectivity index (χ0) is 19.9. The lowest BCUT2D eigenvalue weighted by molar-refractivity contribution is -0.136. The molecule has 2 aliphatic heterocycles. The highest BCUT2D eigenvalue weighted by Crippen LogP contribution is 2.27. The highest BCUT2D eigenvalue weighted by atomic mass is 32.1. The van der Waals surface area contributed by atoms with E-state index in [0.29, 0.717) is 37.9 Å². The Kier molecular flexibility index (Phi) is 5.28. The van der Waals surface area contributed by atoms with Gasteiger partial charge in [0.2, 0.25) is 5.91 Å². The fraction of sp³-hybridized carbons (Fsp3) is 0.650. The fourth-order valence-electron chi connectivity index (χ4n) is 4.26. The molecular formula is C20H28N4O3S. The van der Waals surface area contributed by atoms with Crippen LogP contribution >= 0.6 is 11.3 Å². The van der Waals surface area contributed by atoms with Crippen molar-refractivity contribution in [2.45, 2.75) is 51.7 Å². The van der Waals surface area contributed by atoms with Gasteiger partial charge in [-0.1, -0.05) is 0 Å². The van der Waals surface area contributed by atoms with Gasteiger partial charge in [-0.3, -0.25) is 19.1 Å². The van der Waals surface area contributed by atoms with Crippen LogP contribution < -0.4 is 5.56 Å². The Balaban J connectivity index is 1.42. The normalized spacial score (nSPS) is 20.2. The number of hydrogen-bond acceptors (Lipinski definition) is 6. The number of thiophene rings is 1. The Morgan fingerprint density at radius 1 is 1.21 bits per heavy atom. The lowest BCUT2D eigenvalue weighted by atomic mass is 9.91. The Bertz CT molecular complexity index is 937. The van der Waals surface area contributed by atoms with Gasteiger partial charge in [0.1, 0.15) is 4.83 Å². The predicted molar refractivity (Wildman–Crippen MR) is 110 cm³/mol. The van der Waals surface area contributed by atoms with Crippen LogP contribution in [0, 0.1) is 13.8 Å². The molecule has 1 N–H and O–H groups in total. The number of nitrogens with zero attached hydrogens (tertiary/aromatic N) is 4. The number of amides is 1. The molecule has 0 saturated carbocycles. The summed E-state index contributed by atoms with van der Waals surface area (Å²) in [4.78, 5) is 35.7. The first-order valence-corrected chi connectivity index (χ1v) is 10.9. The average molecular weight is 405 g/mol. The van der Waals surface area contributed by atoms with Crippen molar-refractivity contribution in [1.82, 2.24) is 19.4 Å². The Labute approximate surface area is 168 Å². The van der Waals surface area contributed by atoms with Crippen LogP contribution in [0.1, 0.15) is 36.1 Å². The van der Waals surface area contributed by atoms with Gasteiger partial charge in [0.15, 0.2) is 0 Å². The fourth-order valence-corrected chi connectivity index (χ4v) is 5.25. The summed E-state index contributed by atoms with van der Waals surface area (Å²) in [7, 11) is 0. The summed E-state index contributed by atoms with van der Waals surface area (Å²) in [6.45, 7) is 7.71. The minimum absolute atomic E-state index is 0.0900. The smallest absolute Gasteiger partial charge is 0.262 e. The zero-order valence-corrected chi connectivity index (χ0v) is 17.4. The number of aromatic nitrogens is 2. The summed E-state index contributed by atoms with van der Waals surface area (Å²) in [6, 6.07) is 0. The SMILES string of the molecule is Cc1sc2ncn(CC3(O)CCN(C(=O)CN4CCCC4)CC3)c(=O)c2c1C. The third-order valence-corrected chi connectivity index (χ3v) is 7.34. The highest BCUT2D eigenvalue weighted by molar-refractivity contribution is 7.18. The van der Waals surface area contributed by atoms with Gasteiger partial charge < -0.3 is 10.0 Å². The quantitative estimate of drug-likeness (QED) is 0.836. The number of carbonyl (C=O) groups is 1. The molecule has 0 aromatic carbocycles. The number of hydrogen-bond donors (Lipinski definition) is 1. The van der Waals surface area contributed by atoms with Crippen LogP contribution in [0.3, 0.4) is 0 Å². The largest absolute Gasteiger partial charge is 0.388 e. The lowest BCUT2D eigenvalue weighted by Crippen LogP contribution is -2.51. The molecule has 2 aromatic heterocycles. The van der Waals surface area contributed by atoms with Crippen LogP contribution in [0.5, 0.6) is 0 Å². The predicted octanol–water partition coefficient (Wildman–Crippen LogP) is 1.52. The van der Waals surface area contributed by atoms with Gasteiger partial charge in [-0.15, -0.1) is 11.3 Å². The van der Waals surface area contributed by atoms with Crippen LogP contribution in [-0.2, 0) is 11.3 Å². The summed E-state index contributed by atoms with van der Waals surface area (Å²) >= 11 is 1.53. The van der Waals surface area contributed by atoms with Crippen molar-refractivity contribution < 1.29 is 9.90 Å². The van der Waals surface area contributed by atoms with Crippen molar-refractivity contribution in [3.63, 3.8) is 0 Å². The molecule has 0 bridgehead atoms. The van der Waals surface area contributed by atoms with Crippen molar-refractivity contribution in [3.05, 3.63) is 27.1 Å². The average Bonchev–Trinajstić information content (AvgIpc) is 3.26. The number of aryl methyl sites for hydroxylation is 2. The molecule has 7 nitrogen and oxygen atoms in total. The number of fused-ring (bicyclic) bond motifs is 1. The van der Waals surface area contributed by atoms with E-state index < -0.39 is 5.60 Å². The topological polar surface area (TPSA) is 78.7 Å². The van der Waals surface area contributed by atoms with E-state index >= 15 is 0 Å². The number of carbonyl (C=O) groups excluding carboxylic acids is 1. The summed E-state index contributed by atoms with van der Waals surface area (Å²) in [5.74, 6) is 0.147. The monoisotopic (exact) mass is 404 g/mol. The van der Waals surface area contributed by atoms with Crippen molar-refractivity contribution >= 4 is 27.5 Å². The Morgan fingerprint density at radius 2 is 1.89 bits per heavy atom. The van der Waals surface area contributed by atoms with Crippen molar-refractivity contribution in [2.24, 2.45) is 0 Å². The molecule has 4 heterocycles. The van der Waals surface area contributed by atoms with E-state index in [2.05, 4.69) is 9.88 Å². The van der Waals surface area contributed by atoms with Gasteiger partial charge in [-0.05, 0) is 58.2 Å². The summed E-state index contributed by atoms with van der Waals surface area (Å²) in [5, 5.41) is 11.7. The molecular weight excluding hydrogens is 376 g/mol. The van der Waals surface area contributed by atoms with E-state index in [9.17, 15) is 14.7 Å². The maximum atomic E-state index is 12.9. The van der Waals surface area contributed by atoms with Gasteiger partial charge in [0, 0.05) is 18.0 Å². The Hall–Kier alpha value is -1.77. The number of aliphatic hydroxyl groups is 1. The van der Waals surface area contributed by atoms with E-state index in [1.54, 1.807) is 6.33 Å². The molecule has 0 aliphatic carbocycles. The molecule has 2 aliphatic rings. The van der Waals surface area contributed by atoms with Crippen LogP contribution in [0.4, 0.5) is 0 Å². The second kappa shape index (κ2) is 7.57. The summed E-state index contributed by atoms with van der Waals surface area (Å²) < 4.78 is 1.53. The van der Waals surface area contributed by atoms with Crippen LogP contribution in [0.25, 0.3) is 10.2 Å². The molecule has 1 amide bonds. The first kappa shape index (κ1) is 19.5. The molecule has 152 valence electrons. The second-order valence-electron chi connectivity index (χ2n) is 8.23. The first-order valence-electron chi connectivity index (χ1n) is 10.0. The summed E-state index contributed by atoms with van der Waals surface area (Å²) in [6.07, 6.45) is 4.84. The molecule has 2 saturated heterocycles. The van der Waals surface area contributed by atoms with Crippen molar-refractivity contribution in [2.75, 3.05) is 32.7 Å².